The summed E-state index contributed by atoms with van der Waals surface area (Å²) in [7, 11) is 0. The van der Waals surface area contributed by atoms with Crippen LogP contribution < -0.4 is 20.1 Å². The minimum absolute atomic E-state index is 0.0141. The Hall–Kier alpha value is -2.94. The van der Waals surface area contributed by atoms with Crippen LogP contribution in [0, 0.1) is 0 Å². The van der Waals surface area contributed by atoms with E-state index in [-0.39, 0.29) is 41.9 Å². The molecule has 2 N–H and O–H groups in total. The molecule has 0 aromatic heterocycles. The number of halogens is 1. The van der Waals surface area contributed by atoms with E-state index < -0.39 is 24.0 Å². The second-order valence-corrected chi connectivity index (χ2v) is 6.11. The number of urea groups is 1. The molecule has 1 unspecified atom stereocenters. The molecule has 1 atom stereocenters. The Morgan fingerprint density at radius 1 is 1.26 bits per heavy atom. The summed E-state index contributed by atoms with van der Waals surface area (Å²) in [5.74, 6) is -0.606. The van der Waals surface area contributed by atoms with Crippen molar-refractivity contribution in [1.82, 2.24) is 10.6 Å². The Labute approximate surface area is 159 Å². The Balaban J connectivity index is 1.78. The molecule has 3 rings (SSSR count). The number of fused-ring (bicyclic) bond motifs is 1. The van der Waals surface area contributed by atoms with Gasteiger partial charge in [0.15, 0.2) is 11.5 Å². The SMILES string of the molecule is CCOC(=O)C1=C(COC(=O)c2cc(Cl)c3c(c2)OCO3)NC(=O)NC1C. The predicted molar refractivity (Wildman–Crippen MR) is 92.6 cm³/mol. The highest BCUT2D eigenvalue weighted by Crippen LogP contribution is 2.39. The highest BCUT2D eigenvalue weighted by molar-refractivity contribution is 6.32. The van der Waals surface area contributed by atoms with Crippen LogP contribution in [0.3, 0.4) is 0 Å². The van der Waals surface area contributed by atoms with Crippen molar-refractivity contribution < 1.29 is 33.3 Å². The Bertz CT molecular complexity index is 837. The number of amides is 2. The van der Waals surface area contributed by atoms with Crippen LogP contribution in [0.25, 0.3) is 0 Å². The van der Waals surface area contributed by atoms with E-state index in [1.807, 2.05) is 0 Å². The van der Waals surface area contributed by atoms with Gasteiger partial charge in [-0.05, 0) is 26.0 Å². The summed E-state index contributed by atoms with van der Waals surface area (Å²) in [6.07, 6.45) is 0. The third-order valence-electron chi connectivity index (χ3n) is 3.88. The van der Waals surface area contributed by atoms with E-state index in [1.54, 1.807) is 13.8 Å². The lowest BCUT2D eigenvalue weighted by molar-refractivity contribution is -0.139. The molecule has 2 amide bonds. The highest BCUT2D eigenvalue weighted by atomic mass is 35.5. The fraction of sp³-hybridized carbons (Fsp3) is 0.353. The molecular weight excluding hydrogens is 380 g/mol. The summed E-state index contributed by atoms with van der Waals surface area (Å²) in [6, 6.07) is 1.74. The van der Waals surface area contributed by atoms with Gasteiger partial charge in [-0.2, -0.15) is 0 Å². The van der Waals surface area contributed by atoms with E-state index in [2.05, 4.69) is 10.6 Å². The fourth-order valence-electron chi connectivity index (χ4n) is 2.70. The molecule has 9 nitrogen and oxygen atoms in total. The topological polar surface area (TPSA) is 112 Å². The highest BCUT2D eigenvalue weighted by Gasteiger charge is 2.30. The summed E-state index contributed by atoms with van der Waals surface area (Å²) in [6.45, 7) is 3.16. The third kappa shape index (κ3) is 3.92. The quantitative estimate of drug-likeness (QED) is 0.729. The van der Waals surface area contributed by atoms with Crippen molar-refractivity contribution in [3.63, 3.8) is 0 Å². The van der Waals surface area contributed by atoms with Crippen LogP contribution in [-0.2, 0) is 14.3 Å². The van der Waals surface area contributed by atoms with Gasteiger partial charge < -0.3 is 29.6 Å². The van der Waals surface area contributed by atoms with Crippen LogP contribution in [0.5, 0.6) is 11.5 Å². The molecule has 2 aliphatic rings. The summed E-state index contributed by atoms with van der Waals surface area (Å²) >= 11 is 6.06. The maximum Gasteiger partial charge on any atom is 0.338 e. The first-order valence-corrected chi connectivity index (χ1v) is 8.52. The zero-order chi connectivity index (χ0) is 19.6. The third-order valence-corrected chi connectivity index (χ3v) is 4.16. The molecule has 0 spiro atoms. The number of esters is 2. The van der Waals surface area contributed by atoms with Crippen molar-refractivity contribution >= 4 is 29.6 Å². The largest absolute Gasteiger partial charge is 0.463 e. The second-order valence-electron chi connectivity index (χ2n) is 5.70. The van der Waals surface area contributed by atoms with Gasteiger partial charge in [-0.15, -0.1) is 0 Å². The smallest absolute Gasteiger partial charge is 0.338 e. The predicted octanol–water partition coefficient (Wildman–Crippen LogP) is 1.74. The van der Waals surface area contributed by atoms with Crippen molar-refractivity contribution in [3.05, 3.63) is 34.0 Å². The van der Waals surface area contributed by atoms with Crippen LogP contribution in [0.2, 0.25) is 5.02 Å². The van der Waals surface area contributed by atoms with Gasteiger partial charge in [0, 0.05) is 0 Å². The van der Waals surface area contributed by atoms with Crippen LogP contribution in [0.1, 0.15) is 24.2 Å². The molecule has 0 aliphatic carbocycles. The zero-order valence-corrected chi connectivity index (χ0v) is 15.3. The van der Waals surface area contributed by atoms with E-state index >= 15 is 0 Å². The molecular formula is C17H17ClN2O7. The van der Waals surface area contributed by atoms with Crippen LogP contribution in [0.4, 0.5) is 4.79 Å². The molecule has 144 valence electrons. The molecule has 1 aromatic carbocycles. The molecule has 0 bridgehead atoms. The van der Waals surface area contributed by atoms with Gasteiger partial charge in [0.2, 0.25) is 6.79 Å². The van der Waals surface area contributed by atoms with Crippen molar-refractivity contribution in [2.24, 2.45) is 0 Å². The Morgan fingerprint density at radius 3 is 2.78 bits per heavy atom. The van der Waals surface area contributed by atoms with Crippen LogP contribution in [-0.4, -0.2) is 44.0 Å². The molecule has 2 heterocycles. The summed E-state index contributed by atoms with van der Waals surface area (Å²) in [5.41, 5.74) is 0.494. The van der Waals surface area contributed by atoms with Crippen molar-refractivity contribution in [2.75, 3.05) is 20.0 Å². The van der Waals surface area contributed by atoms with Gasteiger partial charge in [-0.3, -0.25) is 0 Å². The van der Waals surface area contributed by atoms with Crippen LogP contribution >= 0.6 is 11.6 Å². The first kappa shape index (κ1) is 18.8. The molecule has 27 heavy (non-hydrogen) atoms. The monoisotopic (exact) mass is 396 g/mol. The first-order chi connectivity index (χ1) is 12.9. The van der Waals surface area contributed by atoms with Crippen molar-refractivity contribution in [2.45, 2.75) is 19.9 Å². The number of benzene rings is 1. The minimum atomic E-state index is -0.702. The van der Waals surface area contributed by atoms with Gasteiger partial charge in [0.25, 0.3) is 0 Å². The molecule has 1 aromatic rings. The number of ether oxygens (including phenoxy) is 4. The fourth-order valence-corrected chi connectivity index (χ4v) is 2.96. The number of rotatable bonds is 5. The lowest BCUT2D eigenvalue weighted by atomic mass is 10.0. The average Bonchev–Trinajstić information content (AvgIpc) is 3.08. The van der Waals surface area contributed by atoms with Crippen LogP contribution in [0.15, 0.2) is 23.4 Å². The second kappa shape index (κ2) is 7.75. The number of nitrogens with one attached hydrogen (secondary N) is 2. The molecule has 2 aliphatic heterocycles. The first-order valence-electron chi connectivity index (χ1n) is 8.14. The molecule has 0 saturated carbocycles. The normalized spacial score (nSPS) is 17.9. The molecule has 0 radical (unpaired) electrons. The van der Waals surface area contributed by atoms with Gasteiger partial charge in [0.05, 0.1) is 34.5 Å². The Morgan fingerprint density at radius 2 is 2.04 bits per heavy atom. The molecule has 0 saturated heterocycles. The van der Waals surface area contributed by atoms with Crippen molar-refractivity contribution in [1.29, 1.82) is 0 Å². The van der Waals surface area contributed by atoms with E-state index in [9.17, 15) is 14.4 Å². The standard InChI is InChI=1S/C17H17ClN2O7/c1-3-24-16(22)13-8(2)19-17(23)20-11(13)6-25-15(21)9-4-10(18)14-12(5-9)26-7-27-14/h4-5,8H,3,6-7H2,1-2H3,(H2,19,20,23). The van der Waals surface area contributed by atoms with Crippen molar-refractivity contribution in [3.8, 4) is 11.5 Å². The molecule has 0 fully saturated rings. The lowest BCUT2D eigenvalue weighted by Gasteiger charge is -2.26. The molecule has 10 heteroatoms. The summed E-state index contributed by atoms with van der Waals surface area (Å²) in [4.78, 5) is 36.2. The van der Waals surface area contributed by atoms with Gasteiger partial charge in [-0.25, -0.2) is 14.4 Å². The van der Waals surface area contributed by atoms with E-state index in [4.69, 9.17) is 30.5 Å². The van der Waals surface area contributed by atoms with Gasteiger partial charge in [-0.1, -0.05) is 11.6 Å². The minimum Gasteiger partial charge on any atom is -0.463 e. The summed E-state index contributed by atoms with van der Waals surface area (Å²) in [5, 5.41) is 5.25. The number of carbonyl (C=O) groups excluding carboxylic acids is 3. The van der Waals surface area contributed by atoms with E-state index in [1.165, 1.54) is 12.1 Å². The number of carbonyl (C=O) groups is 3. The number of hydrogen-bond acceptors (Lipinski definition) is 7. The Kier molecular flexibility index (Phi) is 5.41. The van der Waals surface area contributed by atoms with Gasteiger partial charge in [0.1, 0.15) is 6.61 Å². The summed E-state index contributed by atoms with van der Waals surface area (Å²) < 4.78 is 20.6. The number of hydrogen-bond donors (Lipinski definition) is 2. The average molecular weight is 397 g/mol. The maximum atomic E-state index is 12.4. The van der Waals surface area contributed by atoms with E-state index in [0.717, 1.165) is 0 Å². The zero-order valence-electron chi connectivity index (χ0n) is 14.6. The van der Waals surface area contributed by atoms with Gasteiger partial charge >= 0.3 is 18.0 Å². The lowest BCUT2D eigenvalue weighted by Crippen LogP contribution is -2.50. The maximum absolute atomic E-state index is 12.4. The van der Waals surface area contributed by atoms with E-state index in [0.29, 0.717) is 11.5 Å².